The minimum atomic E-state index is -0.997. The molecule has 11 heteroatoms. The number of rotatable bonds is 5. The summed E-state index contributed by atoms with van der Waals surface area (Å²) in [6, 6.07) is 3.25. The van der Waals surface area contributed by atoms with Crippen molar-refractivity contribution in [3.8, 4) is 11.6 Å². The van der Waals surface area contributed by atoms with Crippen LogP contribution in [0.1, 0.15) is 42.9 Å². The number of hydrogen-bond acceptors (Lipinski definition) is 7. The Morgan fingerprint density at radius 3 is 2.74 bits per heavy atom. The molecule has 4 rings (SSSR count). The smallest absolute Gasteiger partial charge is 0.427 e. The Morgan fingerprint density at radius 2 is 2.06 bits per heavy atom. The van der Waals surface area contributed by atoms with E-state index in [0.29, 0.717) is 22.0 Å². The number of ether oxygens (including phenoxy) is 1. The molecule has 1 aliphatic heterocycles. The number of hydroxylamine groups is 1. The van der Waals surface area contributed by atoms with Gasteiger partial charge >= 0.3 is 6.09 Å². The molecule has 0 radical (unpaired) electrons. The zero-order valence-corrected chi connectivity index (χ0v) is 18.0. The summed E-state index contributed by atoms with van der Waals surface area (Å²) in [5.41, 5.74) is 5.07. The van der Waals surface area contributed by atoms with Crippen molar-refractivity contribution in [3.63, 3.8) is 0 Å². The first-order valence-electron chi connectivity index (χ1n) is 9.88. The van der Waals surface area contributed by atoms with Gasteiger partial charge in [0.1, 0.15) is 0 Å². The van der Waals surface area contributed by atoms with Gasteiger partial charge in [-0.25, -0.2) is 9.48 Å². The standard InChI is InChI=1S/C20H22ClN5O5/c1-9(2)12-7-15(24-26(3)19(12)28)30-16-11-6-4-5-10(11)14(8-13(16)21)22-18(27)17-23-20(29)31-25-17/h7-9,17,25H,4-6H2,1-3H3,(H,22,27)(H,23,29). The van der Waals surface area contributed by atoms with Crippen molar-refractivity contribution >= 4 is 29.3 Å². The SMILES string of the molecule is CC(C)c1cc(Oc2c(Cl)cc(NC(=O)C3NOC(=O)N3)c3c2CCC3)nn(C)c1=O. The van der Waals surface area contributed by atoms with Gasteiger partial charge in [0.25, 0.3) is 11.5 Å². The molecule has 0 bridgehead atoms. The van der Waals surface area contributed by atoms with Crippen LogP contribution in [0.4, 0.5) is 10.5 Å². The van der Waals surface area contributed by atoms with Crippen molar-refractivity contribution in [2.24, 2.45) is 7.05 Å². The molecule has 3 N–H and O–H groups in total. The topological polar surface area (TPSA) is 124 Å². The molecule has 2 aliphatic rings. The van der Waals surface area contributed by atoms with Gasteiger partial charge in [-0.2, -0.15) is 0 Å². The number of anilines is 1. The van der Waals surface area contributed by atoms with Crippen molar-refractivity contribution in [3.05, 3.63) is 44.2 Å². The van der Waals surface area contributed by atoms with Gasteiger partial charge in [0.15, 0.2) is 11.9 Å². The Morgan fingerprint density at radius 1 is 1.32 bits per heavy atom. The van der Waals surface area contributed by atoms with Crippen LogP contribution in [0.5, 0.6) is 11.6 Å². The van der Waals surface area contributed by atoms with Crippen LogP contribution in [0, 0.1) is 0 Å². The molecule has 1 aromatic heterocycles. The average Bonchev–Trinajstić information content (AvgIpc) is 3.36. The summed E-state index contributed by atoms with van der Waals surface area (Å²) in [6.45, 7) is 3.85. The van der Waals surface area contributed by atoms with Crippen LogP contribution < -0.4 is 26.4 Å². The molecule has 1 aromatic carbocycles. The van der Waals surface area contributed by atoms with Crippen LogP contribution in [0.2, 0.25) is 5.02 Å². The minimum absolute atomic E-state index is 0.0106. The number of carbonyl (C=O) groups excluding carboxylic acids is 2. The lowest BCUT2D eigenvalue weighted by atomic mass is 10.1. The van der Waals surface area contributed by atoms with E-state index >= 15 is 0 Å². The Kier molecular flexibility index (Phi) is 5.59. The van der Waals surface area contributed by atoms with Gasteiger partial charge < -0.3 is 14.9 Å². The first-order chi connectivity index (χ1) is 14.7. The highest BCUT2D eigenvalue weighted by molar-refractivity contribution is 6.32. The Bertz CT molecular complexity index is 1130. The molecule has 31 heavy (non-hydrogen) atoms. The highest BCUT2D eigenvalue weighted by atomic mass is 35.5. The molecule has 1 saturated heterocycles. The number of fused-ring (bicyclic) bond motifs is 1. The third-order valence-corrected chi connectivity index (χ3v) is 5.53. The Labute approximate surface area is 182 Å². The van der Waals surface area contributed by atoms with Crippen LogP contribution in [-0.2, 0) is 29.5 Å². The van der Waals surface area contributed by atoms with Gasteiger partial charge in [0, 0.05) is 29.9 Å². The Balaban J connectivity index is 1.65. The van der Waals surface area contributed by atoms with E-state index in [9.17, 15) is 14.4 Å². The summed E-state index contributed by atoms with van der Waals surface area (Å²) >= 11 is 6.52. The van der Waals surface area contributed by atoms with Crippen molar-refractivity contribution in [2.75, 3.05) is 5.32 Å². The summed E-state index contributed by atoms with van der Waals surface area (Å²) in [4.78, 5) is 40.4. The first kappa shape index (κ1) is 21.1. The fourth-order valence-electron chi connectivity index (χ4n) is 3.72. The molecule has 164 valence electrons. The molecule has 2 aromatic rings. The van der Waals surface area contributed by atoms with Crippen LogP contribution in [0.15, 0.2) is 16.9 Å². The molecular weight excluding hydrogens is 426 g/mol. The van der Waals surface area contributed by atoms with Gasteiger partial charge in [-0.3, -0.25) is 14.9 Å². The maximum atomic E-state index is 12.4. The second kappa shape index (κ2) is 8.20. The predicted octanol–water partition coefficient (Wildman–Crippen LogP) is 2.35. The van der Waals surface area contributed by atoms with E-state index in [-0.39, 0.29) is 17.4 Å². The largest absolute Gasteiger partial charge is 0.436 e. The summed E-state index contributed by atoms with van der Waals surface area (Å²) in [6.07, 6.45) is 0.602. The van der Waals surface area contributed by atoms with Crippen molar-refractivity contribution < 1.29 is 19.2 Å². The van der Waals surface area contributed by atoms with E-state index in [2.05, 4.69) is 26.0 Å². The second-order valence-electron chi connectivity index (χ2n) is 7.74. The third kappa shape index (κ3) is 4.08. The molecular formula is C20H22ClN5O5. The number of nitrogens with zero attached hydrogens (tertiary/aromatic N) is 2. The van der Waals surface area contributed by atoms with Gasteiger partial charge in [0.2, 0.25) is 5.88 Å². The maximum absolute atomic E-state index is 12.4. The van der Waals surface area contributed by atoms with Crippen LogP contribution in [0.3, 0.4) is 0 Å². The lowest BCUT2D eigenvalue weighted by Crippen LogP contribution is -2.43. The van der Waals surface area contributed by atoms with E-state index in [1.54, 1.807) is 19.2 Å². The number of aromatic nitrogens is 2. The number of carbonyl (C=O) groups is 2. The minimum Gasteiger partial charge on any atom is -0.436 e. The number of nitrogens with one attached hydrogen (secondary N) is 3. The molecule has 2 heterocycles. The van der Waals surface area contributed by atoms with E-state index in [0.717, 1.165) is 30.4 Å². The molecule has 1 fully saturated rings. The predicted molar refractivity (Wildman–Crippen MR) is 112 cm³/mol. The van der Waals surface area contributed by atoms with Crippen molar-refractivity contribution in [1.82, 2.24) is 20.6 Å². The van der Waals surface area contributed by atoms with Gasteiger partial charge in [-0.05, 0) is 36.8 Å². The highest BCUT2D eigenvalue weighted by Crippen LogP contribution is 2.43. The number of hydrogen-bond donors (Lipinski definition) is 3. The molecule has 1 aliphatic carbocycles. The molecule has 0 saturated carbocycles. The fourth-order valence-corrected chi connectivity index (χ4v) is 3.98. The van der Waals surface area contributed by atoms with Gasteiger partial charge in [0.05, 0.1) is 5.02 Å². The summed E-state index contributed by atoms with van der Waals surface area (Å²) in [5, 5.41) is 9.63. The Hall–Kier alpha value is -3.11. The molecule has 10 nitrogen and oxygen atoms in total. The van der Waals surface area contributed by atoms with Gasteiger partial charge in [-0.15, -0.1) is 10.6 Å². The normalized spacial score (nSPS) is 17.3. The van der Waals surface area contributed by atoms with Crippen molar-refractivity contribution in [1.29, 1.82) is 0 Å². The van der Waals surface area contributed by atoms with Crippen LogP contribution >= 0.6 is 11.6 Å². The van der Waals surface area contributed by atoms with Crippen molar-refractivity contribution in [2.45, 2.75) is 45.2 Å². The molecule has 1 atom stereocenters. The third-order valence-electron chi connectivity index (χ3n) is 5.25. The number of aryl methyl sites for hydroxylation is 1. The summed E-state index contributed by atoms with van der Waals surface area (Å²) in [5.74, 6) is 0.264. The molecule has 2 amide bonds. The quantitative estimate of drug-likeness (QED) is 0.642. The summed E-state index contributed by atoms with van der Waals surface area (Å²) in [7, 11) is 1.57. The lowest BCUT2D eigenvalue weighted by molar-refractivity contribution is -0.119. The number of benzene rings is 1. The summed E-state index contributed by atoms with van der Waals surface area (Å²) < 4.78 is 7.30. The van der Waals surface area contributed by atoms with E-state index in [1.807, 2.05) is 13.8 Å². The molecule has 0 spiro atoms. The lowest BCUT2D eigenvalue weighted by Gasteiger charge is -2.18. The van der Waals surface area contributed by atoms with Crippen LogP contribution in [0.25, 0.3) is 0 Å². The van der Waals surface area contributed by atoms with Crippen LogP contribution in [-0.4, -0.2) is 27.9 Å². The van der Waals surface area contributed by atoms with Gasteiger partial charge in [-0.1, -0.05) is 25.4 Å². The zero-order valence-electron chi connectivity index (χ0n) is 17.2. The maximum Gasteiger partial charge on any atom is 0.427 e. The number of amides is 2. The van der Waals surface area contributed by atoms with E-state index in [4.69, 9.17) is 16.3 Å². The fraction of sp³-hybridized carbons (Fsp3) is 0.400. The second-order valence-corrected chi connectivity index (χ2v) is 8.15. The van der Waals surface area contributed by atoms with E-state index in [1.165, 1.54) is 4.68 Å². The molecule has 1 unspecified atom stereocenters. The zero-order chi connectivity index (χ0) is 22.3. The van der Waals surface area contributed by atoms with E-state index < -0.39 is 18.2 Å². The highest BCUT2D eigenvalue weighted by Gasteiger charge is 2.31. The number of halogens is 1. The first-order valence-corrected chi connectivity index (χ1v) is 10.3. The monoisotopic (exact) mass is 447 g/mol. The average molecular weight is 448 g/mol.